The summed E-state index contributed by atoms with van der Waals surface area (Å²) in [6.07, 6.45) is 1.81. The Balaban J connectivity index is 1.47. The van der Waals surface area contributed by atoms with E-state index in [0.717, 1.165) is 29.4 Å². The summed E-state index contributed by atoms with van der Waals surface area (Å²) in [5.41, 5.74) is 3.21. The third kappa shape index (κ3) is 3.90. The minimum atomic E-state index is -0.145. The zero-order valence-electron chi connectivity index (χ0n) is 13.8. The summed E-state index contributed by atoms with van der Waals surface area (Å²) in [4.78, 5) is 2.28. The van der Waals surface area contributed by atoms with Gasteiger partial charge in [-0.05, 0) is 23.3 Å². The van der Waals surface area contributed by atoms with E-state index in [1.807, 2.05) is 41.2 Å². The molecule has 0 unspecified atom stereocenters. The summed E-state index contributed by atoms with van der Waals surface area (Å²) < 4.78 is 7.72. The maximum absolute atomic E-state index is 6.04. The van der Waals surface area contributed by atoms with Gasteiger partial charge in [0, 0.05) is 18.1 Å². The summed E-state index contributed by atoms with van der Waals surface area (Å²) in [6, 6.07) is 18.2. The van der Waals surface area contributed by atoms with Gasteiger partial charge >= 0.3 is 0 Å². The first kappa shape index (κ1) is 16.3. The van der Waals surface area contributed by atoms with Crippen LogP contribution in [0.25, 0.3) is 0 Å². The average Bonchev–Trinajstić information content (AvgIpc) is 3.25. The van der Waals surface area contributed by atoms with Crippen LogP contribution in [0.5, 0.6) is 0 Å². The summed E-state index contributed by atoms with van der Waals surface area (Å²) in [5.74, 6) is 0. The highest BCUT2D eigenvalue weighted by Crippen LogP contribution is 2.27. The molecule has 25 heavy (non-hydrogen) atoms. The predicted molar refractivity (Wildman–Crippen MR) is 96.1 cm³/mol. The fraction of sp³-hybridized carbons (Fsp3) is 0.263. The highest BCUT2D eigenvalue weighted by molar-refractivity contribution is 6.30. The first-order valence-electron chi connectivity index (χ1n) is 8.32. The van der Waals surface area contributed by atoms with Crippen LogP contribution in [0, 0.1) is 0 Å². The minimum Gasteiger partial charge on any atom is -0.356 e. The molecular weight excluding hydrogens is 336 g/mol. The number of ether oxygens (including phenoxy) is 1. The van der Waals surface area contributed by atoms with Gasteiger partial charge < -0.3 is 4.74 Å². The zero-order valence-corrected chi connectivity index (χ0v) is 14.5. The highest BCUT2D eigenvalue weighted by Gasteiger charge is 2.29. The van der Waals surface area contributed by atoms with Crippen molar-refractivity contribution < 1.29 is 4.74 Å². The van der Waals surface area contributed by atoms with Gasteiger partial charge in [-0.1, -0.05) is 59.3 Å². The van der Waals surface area contributed by atoms with E-state index in [1.54, 1.807) is 0 Å². The Morgan fingerprint density at radius 1 is 1.04 bits per heavy atom. The predicted octanol–water partition coefficient (Wildman–Crippen LogP) is 3.51. The number of benzene rings is 2. The normalized spacial score (nSPS) is 17.9. The fourth-order valence-corrected chi connectivity index (χ4v) is 3.30. The van der Waals surface area contributed by atoms with E-state index in [0.29, 0.717) is 13.2 Å². The Morgan fingerprint density at radius 3 is 2.72 bits per heavy atom. The van der Waals surface area contributed by atoms with Crippen LogP contribution in [-0.4, -0.2) is 33.0 Å². The standard InChI is InChI=1S/C19H19ClN4O/c20-17-8-4-7-16(11-17)13-24-14-18(21-22-24)19-23(9-10-25-19)12-15-5-2-1-3-6-15/h1-8,11,14,19H,9-10,12-13H2/t19-/m0/s1. The number of nitrogens with zero attached hydrogens (tertiary/aromatic N) is 4. The molecule has 1 fully saturated rings. The van der Waals surface area contributed by atoms with Crippen molar-refractivity contribution in [1.29, 1.82) is 0 Å². The first-order chi connectivity index (χ1) is 12.3. The molecule has 0 N–H and O–H groups in total. The molecule has 1 aliphatic heterocycles. The van der Waals surface area contributed by atoms with Gasteiger partial charge in [0.05, 0.1) is 19.3 Å². The van der Waals surface area contributed by atoms with Crippen LogP contribution in [0.2, 0.25) is 5.02 Å². The summed E-state index contributed by atoms with van der Waals surface area (Å²) in [5, 5.41) is 9.29. The van der Waals surface area contributed by atoms with E-state index >= 15 is 0 Å². The molecule has 0 bridgehead atoms. The molecule has 6 heteroatoms. The van der Waals surface area contributed by atoms with Gasteiger partial charge in [0.2, 0.25) is 0 Å². The lowest BCUT2D eigenvalue weighted by Gasteiger charge is -2.20. The highest BCUT2D eigenvalue weighted by atomic mass is 35.5. The molecule has 0 spiro atoms. The number of rotatable bonds is 5. The third-order valence-electron chi connectivity index (χ3n) is 4.26. The van der Waals surface area contributed by atoms with Crippen molar-refractivity contribution in [3.8, 4) is 0 Å². The topological polar surface area (TPSA) is 43.2 Å². The number of hydrogen-bond donors (Lipinski definition) is 0. The number of halogens is 1. The summed E-state index contributed by atoms with van der Waals surface area (Å²) in [6.45, 7) is 3.07. The Hall–Kier alpha value is -2.21. The van der Waals surface area contributed by atoms with Crippen LogP contribution in [0.4, 0.5) is 0 Å². The average molecular weight is 355 g/mol. The van der Waals surface area contributed by atoms with Gasteiger partial charge in [-0.3, -0.25) is 4.90 Å². The third-order valence-corrected chi connectivity index (χ3v) is 4.49. The maximum Gasteiger partial charge on any atom is 0.157 e. The van der Waals surface area contributed by atoms with E-state index in [1.165, 1.54) is 5.56 Å². The molecule has 0 amide bonds. The van der Waals surface area contributed by atoms with Crippen LogP contribution in [0.3, 0.4) is 0 Å². The molecular formula is C19H19ClN4O. The van der Waals surface area contributed by atoms with Crippen molar-refractivity contribution in [1.82, 2.24) is 19.9 Å². The quantitative estimate of drug-likeness (QED) is 0.703. The van der Waals surface area contributed by atoms with Crippen LogP contribution in [-0.2, 0) is 17.8 Å². The molecule has 1 aliphatic rings. The SMILES string of the molecule is Clc1cccc(Cn2cc([C@@H]3OCCN3Cc3ccccc3)nn2)c1. The van der Waals surface area contributed by atoms with Gasteiger partial charge in [-0.15, -0.1) is 5.10 Å². The van der Waals surface area contributed by atoms with Gasteiger partial charge in [0.15, 0.2) is 6.23 Å². The zero-order chi connectivity index (χ0) is 17.1. The number of hydrogen-bond acceptors (Lipinski definition) is 4. The molecule has 4 rings (SSSR count). The van der Waals surface area contributed by atoms with Crippen molar-refractivity contribution in [3.05, 3.63) is 82.6 Å². The molecule has 1 aromatic heterocycles. The maximum atomic E-state index is 6.04. The van der Waals surface area contributed by atoms with Gasteiger partial charge in [0.25, 0.3) is 0 Å². The Labute approximate surface area is 151 Å². The van der Waals surface area contributed by atoms with Crippen molar-refractivity contribution in [2.45, 2.75) is 19.3 Å². The van der Waals surface area contributed by atoms with Crippen molar-refractivity contribution in [2.75, 3.05) is 13.2 Å². The van der Waals surface area contributed by atoms with Gasteiger partial charge in [-0.2, -0.15) is 0 Å². The lowest BCUT2D eigenvalue weighted by atomic mass is 10.2. The smallest absolute Gasteiger partial charge is 0.157 e. The second-order valence-corrected chi connectivity index (χ2v) is 6.59. The first-order valence-corrected chi connectivity index (χ1v) is 8.70. The minimum absolute atomic E-state index is 0.145. The van der Waals surface area contributed by atoms with Crippen molar-refractivity contribution in [3.63, 3.8) is 0 Å². The molecule has 3 aromatic rings. The summed E-state index contributed by atoms with van der Waals surface area (Å²) >= 11 is 6.04. The second-order valence-electron chi connectivity index (χ2n) is 6.15. The fourth-order valence-electron chi connectivity index (χ4n) is 3.08. The van der Waals surface area contributed by atoms with Crippen molar-refractivity contribution >= 4 is 11.6 Å². The Bertz CT molecular complexity index is 836. The van der Waals surface area contributed by atoms with Gasteiger partial charge in [0.1, 0.15) is 5.69 Å². The largest absolute Gasteiger partial charge is 0.356 e. The molecule has 1 atom stereocenters. The van der Waals surface area contributed by atoms with E-state index in [-0.39, 0.29) is 6.23 Å². The van der Waals surface area contributed by atoms with Gasteiger partial charge in [-0.25, -0.2) is 4.68 Å². The van der Waals surface area contributed by atoms with Crippen molar-refractivity contribution in [2.24, 2.45) is 0 Å². The molecule has 2 heterocycles. The van der Waals surface area contributed by atoms with E-state index in [2.05, 4.69) is 39.5 Å². The monoisotopic (exact) mass is 354 g/mol. The molecule has 0 radical (unpaired) electrons. The Morgan fingerprint density at radius 2 is 1.88 bits per heavy atom. The van der Waals surface area contributed by atoms with Crippen LogP contribution in [0.1, 0.15) is 23.0 Å². The van der Waals surface area contributed by atoms with E-state index in [4.69, 9.17) is 16.3 Å². The summed E-state index contributed by atoms with van der Waals surface area (Å²) in [7, 11) is 0. The van der Waals surface area contributed by atoms with Crippen LogP contribution < -0.4 is 0 Å². The molecule has 0 aliphatic carbocycles. The van der Waals surface area contributed by atoms with Crippen LogP contribution in [0.15, 0.2) is 60.8 Å². The molecule has 1 saturated heterocycles. The number of aromatic nitrogens is 3. The Kier molecular flexibility index (Phi) is 4.78. The van der Waals surface area contributed by atoms with Crippen LogP contribution >= 0.6 is 11.6 Å². The second kappa shape index (κ2) is 7.35. The lowest BCUT2D eigenvalue weighted by molar-refractivity contribution is 0.0252. The molecule has 2 aromatic carbocycles. The molecule has 0 saturated carbocycles. The molecule has 5 nitrogen and oxygen atoms in total. The molecule has 128 valence electrons. The lowest BCUT2D eigenvalue weighted by Crippen LogP contribution is -2.23. The van der Waals surface area contributed by atoms with E-state index < -0.39 is 0 Å². The van der Waals surface area contributed by atoms with E-state index in [9.17, 15) is 0 Å².